The third-order valence-electron chi connectivity index (χ3n) is 4.48. The van der Waals surface area contributed by atoms with E-state index in [1.165, 1.54) is 0 Å². The number of carbonyl (C=O) groups is 1. The van der Waals surface area contributed by atoms with Crippen LogP contribution in [0.1, 0.15) is 35.8 Å². The van der Waals surface area contributed by atoms with Crippen LogP contribution in [0.5, 0.6) is 0 Å². The predicted octanol–water partition coefficient (Wildman–Crippen LogP) is 1.51. The molecule has 0 atom stereocenters. The highest BCUT2D eigenvalue weighted by molar-refractivity contribution is 5.93. The highest BCUT2D eigenvalue weighted by atomic mass is 16.1. The lowest BCUT2D eigenvalue weighted by atomic mass is 9.97. The standard InChI is InChI=1S/C17H24N6O/c1-13(24)15-3-4-17(19-9-15)22-7-5-14(6-8-22)11-23-12-16(10-18-2)20-21-23/h3-4,9,12,14,18H,5-8,10-11H2,1-2H3. The van der Waals surface area contributed by atoms with Crippen molar-refractivity contribution >= 4 is 11.6 Å². The van der Waals surface area contributed by atoms with Crippen LogP contribution in [0.3, 0.4) is 0 Å². The maximum atomic E-state index is 11.3. The fourth-order valence-corrected chi connectivity index (χ4v) is 3.08. The second-order valence-electron chi connectivity index (χ2n) is 6.35. The van der Waals surface area contributed by atoms with Crippen molar-refractivity contribution in [1.82, 2.24) is 25.3 Å². The molecule has 7 nitrogen and oxygen atoms in total. The molecule has 3 rings (SSSR count). The molecule has 128 valence electrons. The molecule has 2 aromatic heterocycles. The number of ketones is 1. The first-order valence-corrected chi connectivity index (χ1v) is 8.41. The Labute approximate surface area is 142 Å². The van der Waals surface area contributed by atoms with E-state index in [4.69, 9.17) is 0 Å². The Balaban J connectivity index is 1.52. The van der Waals surface area contributed by atoms with Gasteiger partial charge in [0.1, 0.15) is 5.82 Å². The zero-order chi connectivity index (χ0) is 16.9. The molecule has 0 bridgehead atoms. The number of aromatic nitrogens is 4. The van der Waals surface area contributed by atoms with Crippen molar-refractivity contribution in [2.75, 3.05) is 25.0 Å². The van der Waals surface area contributed by atoms with Crippen LogP contribution in [0.15, 0.2) is 24.5 Å². The van der Waals surface area contributed by atoms with E-state index in [-0.39, 0.29) is 5.78 Å². The van der Waals surface area contributed by atoms with Crippen LogP contribution in [-0.2, 0) is 13.1 Å². The summed E-state index contributed by atoms with van der Waals surface area (Å²) in [5, 5.41) is 11.4. The number of pyridine rings is 1. The minimum atomic E-state index is 0.0539. The number of hydrogen-bond donors (Lipinski definition) is 1. The van der Waals surface area contributed by atoms with Crippen LogP contribution in [-0.4, -0.2) is 45.9 Å². The molecule has 1 saturated heterocycles. The lowest BCUT2D eigenvalue weighted by Gasteiger charge is -2.32. The van der Waals surface area contributed by atoms with Gasteiger partial charge >= 0.3 is 0 Å². The summed E-state index contributed by atoms with van der Waals surface area (Å²) in [4.78, 5) is 18.0. The van der Waals surface area contributed by atoms with Gasteiger partial charge in [-0.2, -0.15) is 0 Å². The zero-order valence-corrected chi connectivity index (χ0v) is 14.3. The highest BCUT2D eigenvalue weighted by Crippen LogP contribution is 2.23. The molecule has 0 unspecified atom stereocenters. The smallest absolute Gasteiger partial charge is 0.161 e. The van der Waals surface area contributed by atoms with E-state index in [2.05, 4.69) is 25.5 Å². The molecule has 1 fully saturated rings. The number of rotatable bonds is 6. The van der Waals surface area contributed by atoms with E-state index in [9.17, 15) is 4.79 Å². The fourth-order valence-electron chi connectivity index (χ4n) is 3.08. The lowest BCUT2D eigenvalue weighted by molar-refractivity contribution is 0.101. The van der Waals surface area contributed by atoms with E-state index in [1.54, 1.807) is 13.1 Å². The quantitative estimate of drug-likeness (QED) is 0.810. The normalized spacial score (nSPS) is 15.7. The van der Waals surface area contributed by atoms with Crippen LogP contribution in [0.4, 0.5) is 5.82 Å². The predicted molar refractivity (Wildman–Crippen MR) is 92.0 cm³/mol. The van der Waals surface area contributed by atoms with Gasteiger partial charge in [-0.1, -0.05) is 5.21 Å². The number of Topliss-reactive ketones (excluding diaryl/α,β-unsaturated/α-hetero) is 1. The molecule has 0 amide bonds. The summed E-state index contributed by atoms with van der Waals surface area (Å²) in [5.74, 6) is 1.62. The zero-order valence-electron chi connectivity index (χ0n) is 14.3. The number of nitrogens with zero attached hydrogens (tertiary/aromatic N) is 5. The van der Waals surface area contributed by atoms with Crippen LogP contribution in [0, 0.1) is 5.92 Å². The Morgan fingerprint density at radius 3 is 2.75 bits per heavy atom. The van der Waals surface area contributed by atoms with Gasteiger partial charge in [0.05, 0.1) is 5.69 Å². The number of anilines is 1. The number of piperidine rings is 1. The first-order valence-electron chi connectivity index (χ1n) is 8.41. The van der Waals surface area contributed by atoms with Crippen molar-refractivity contribution in [3.63, 3.8) is 0 Å². The van der Waals surface area contributed by atoms with Gasteiger partial charge in [-0.3, -0.25) is 9.48 Å². The van der Waals surface area contributed by atoms with Gasteiger partial charge in [0, 0.05) is 44.1 Å². The Bertz CT molecular complexity index is 673. The average Bonchev–Trinajstić information content (AvgIpc) is 3.03. The van der Waals surface area contributed by atoms with Crippen LogP contribution in [0.2, 0.25) is 0 Å². The van der Waals surface area contributed by atoms with Gasteiger partial charge in [0.25, 0.3) is 0 Å². The number of nitrogens with one attached hydrogen (secondary N) is 1. The molecule has 1 aliphatic heterocycles. The number of carbonyl (C=O) groups excluding carboxylic acids is 1. The van der Waals surface area contributed by atoms with Crippen molar-refractivity contribution < 1.29 is 4.79 Å². The van der Waals surface area contributed by atoms with Gasteiger partial charge < -0.3 is 10.2 Å². The Morgan fingerprint density at radius 2 is 2.12 bits per heavy atom. The van der Waals surface area contributed by atoms with Crippen molar-refractivity contribution in [2.45, 2.75) is 32.9 Å². The van der Waals surface area contributed by atoms with Gasteiger partial charge in [0.15, 0.2) is 5.78 Å². The summed E-state index contributed by atoms with van der Waals surface area (Å²) < 4.78 is 1.95. The molecule has 1 N–H and O–H groups in total. The Hall–Kier alpha value is -2.28. The summed E-state index contributed by atoms with van der Waals surface area (Å²) in [7, 11) is 1.91. The van der Waals surface area contributed by atoms with Gasteiger partial charge in [-0.15, -0.1) is 5.10 Å². The summed E-state index contributed by atoms with van der Waals surface area (Å²) in [6.07, 6.45) is 5.90. The molecular weight excluding hydrogens is 304 g/mol. The van der Waals surface area contributed by atoms with Gasteiger partial charge in [0.2, 0.25) is 0 Å². The van der Waals surface area contributed by atoms with Crippen molar-refractivity contribution in [3.05, 3.63) is 35.8 Å². The topological polar surface area (TPSA) is 75.9 Å². The van der Waals surface area contributed by atoms with E-state index in [0.717, 1.165) is 50.5 Å². The van der Waals surface area contributed by atoms with Crippen molar-refractivity contribution in [2.24, 2.45) is 5.92 Å². The molecule has 3 heterocycles. The minimum Gasteiger partial charge on any atom is -0.357 e. The van der Waals surface area contributed by atoms with Crippen molar-refractivity contribution in [1.29, 1.82) is 0 Å². The third-order valence-corrected chi connectivity index (χ3v) is 4.48. The molecule has 7 heteroatoms. The molecular formula is C17H24N6O. The van der Waals surface area contributed by atoms with Gasteiger partial charge in [-0.25, -0.2) is 4.98 Å². The maximum Gasteiger partial charge on any atom is 0.161 e. The van der Waals surface area contributed by atoms with E-state index in [1.807, 2.05) is 30.1 Å². The SMILES string of the molecule is CNCc1cn(CC2CCN(c3ccc(C(C)=O)cn3)CC2)nn1. The maximum absolute atomic E-state index is 11.3. The van der Waals surface area contributed by atoms with E-state index < -0.39 is 0 Å². The Kier molecular flexibility index (Phi) is 5.20. The minimum absolute atomic E-state index is 0.0539. The fraction of sp³-hybridized carbons (Fsp3) is 0.529. The monoisotopic (exact) mass is 328 g/mol. The molecule has 0 aromatic carbocycles. The summed E-state index contributed by atoms with van der Waals surface area (Å²) in [5.41, 5.74) is 1.64. The first-order chi connectivity index (χ1) is 11.7. The van der Waals surface area contributed by atoms with Crippen LogP contribution < -0.4 is 10.2 Å². The van der Waals surface area contributed by atoms with Crippen LogP contribution in [0.25, 0.3) is 0 Å². The van der Waals surface area contributed by atoms with E-state index in [0.29, 0.717) is 11.5 Å². The first kappa shape index (κ1) is 16.6. The molecule has 2 aromatic rings. The molecule has 0 spiro atoms. The molecule has 0 aliphatic carbocycles. The molecule has 1 aliphatic rings. The highest BCUT2D eigenvalue weighted by Gasteiger charge is 2.21. The van der Waals surface area contributed by atoms with Gasteiger partial charge in [-0.05, 0) is 44.9 Å². The summed E-state index contributed by atoms with van der Waals surface area (Å²) in [6, 6.07) is 3.80. The average molecular weight is 328 g/mol. The number of hydrogen-bond acceptors (Lipinski definition) is 6. The van der Waals surface area contributed by atoms with E-state index >= 15 is 0 Å². The lowest BCUT2D eigenvalue weighted by Crippen LogP contribution is -2.35. The molecule has 0 radical (unpaired) electrons. The molecule has 0 saturated carbocycles. The van der Waals surface area contributed by atoms with Crippen molar-refractivity contribution in [3.8, 4) is 0 Å². The second-order valence-corrected chi connectivity index (χ2v) is 6.35. The second kappa shape index (κ2) is 7.53. The Morgan fingerprint density at radius 1 is 1.33 bits per heavy atom. The van der Waals surface area contributed by atoms with Crippen LogP contribution >= 0.6 is 0 Å². The largest absolute Gasteiger partial charge is 0.357 e. The summed E-state index contributed by atoms with van der Waals surface area (Å²) in [6.45, 7) is 5.19. The molecule has 24 heavy (non-hydrogen) atoms. The third kappa shape index (κ3) is 3.97. The summed E-state index contributed by atoms with van der Waals surface area (Å²) >= 11 is 0.